The number of ether oxygens (including phenoxy) is 2. The summed E-state index contributed by atoms with van der Waals surface area (Å²) in [4.78, 5) is 15.8. The van der Waals surface area contributed by atoms with Gasteiger partial charge in [0.2, 0.25) is 5.13 Å². The Balaban J connectivity index is 1.20. The monoisotopic (exact) mass is 562 g/mol. The third-order valence-corrected chi connectivity index (χ3v) is 7.13. The van der Waals surface area contributed by atoms with Crippen molar-refractivity contribution in [3.05, 3.63) is 64.7 Å². The summed E-state index contributed by atoms with van der Waals surface area (Å²) in [5.74, 6) is -2.08. The average molecular weight is 563 g/mol. The summed E-state index contributed by atoms with van der Waals surface area (Å²) < 4.78 is 60.9. The fraction of sp³-hybridized carbons (Fsp3) is 0.320. The van der Waals surface area contributed by atoms with Crippen LogP contribution < -0.4 is 10.1 Å². The van der Waals surface area contributed by atoms with Crippen LogP contribution in [0.25, 0.3) is 16.6 Å². The predicted octanol–water partition coefficient (Wildman–Crippen LogP) is 5.60. The van der Waals surface area contributed by atoms with Crippen LogP contribution in [-0.2, 0) is 16.0 Å². The molecule has 1 aromatic carbocycles. The first-order valence-electron chi connectivity index (χ1n) is 11.9. The van der Waals surface area contributed by atoms with Crippen molar-refractivity contribution >= 4 is 39.0 Å². The fourth-order valence-corrected chi connectivity index (χ4v) is 5.28. The normalized spacial score (nSPS) is 16.6. The van der Waals surface area contributed by atoms with Gasteiger partial charge >= 0.3 is 6.36 Å². The molecule has 0 aliphatic heterocycles. The molecule has 0 saturated carbocycles. The number of halogens is 4. The molecule has 39 heavy (non-hydrogen) atoms. The van der Waals surface area contributed by atoms with E-state index in [1.807, 2.05) is 18.3 Å². The Bertz CT molecular complexity index is 1520. The fourth-order valence-electron chi connectivity index (χ4n) is 4.42. The van der Waals surface area contributed by atoms with Gasteiger partial charge in [-0.1, -0.05) is 17.4 Å². The lowest BCUT2D eigenvalue weighted by Crippen LogP contribution is -2.24. The largest absolute Gasteiger partial charge is 0.573 e. The molecule has 3 heterocycles. The van der Waals surface area contributed by atoms with Crippen LogP contribution in [-0.4, -0.2) is 44.8 Å². The van der Waals surface area contributed by atoms with Gasteiger partial charge in [0.1, 0.15) is 16.6 Å². The highest BCUT2D eigenvalue weighted by atomic mass is 32.1. The molecule has 2 N–H and O–H groups in total. The lowest BCUT2D eigenvalue weighted by molar-refractivity contribution is -0.274. The van der Waals surface area contributed by atoms with Gasteiger partial charge in [0.05, 0.1) is 5.69 Å². The number of aromatic amines is 1. The number of nitrogens with one attached hydrogen (secondary N) is 2. The third kappa shape index (κ3) is 6.40. The first-order chi connectivity index (χ1) is 18.7. The van der Waals surface area contributed by atoms with Gasteiger partial charge in [0.15, 0.2) is 11.8 Å². The Kier molecular flexibility index (Phi) is 7.57. The van der Waals surface area contributed by atoms with Crippen molar-refractivity contribution in [1.29, 1.82) is 0 Å². The number of rotatable bonds is 8. The zero-order chi connectivity index (χ0) is 27.6. The first kappa shape index (κ1) is 26.7. The Morgan fingerprint density at radius 1 is 1.21 bits per heavy atom. The second-order valence-corrected chi connectivity index (χ2v) is 9.98. The number of allylic oxidation sites excluding steroid dienone is 2. The summed E-state index contributed by atoms with van der Waals surface area (Å²) in [6.07, 6.45) is 0.718. The standard InChI is InChI=1S/C25H22F4N6O3S/c1-37-21(17-12-16(6-7-18(17)26)38-25(27,28)29)23(36)31-24-35-33-20(39-24)10-13-2-4-14(5-3-13)19-11-15-8-9-30-22(15)34-32-19/h4,6-9,11-13,21H,2-3,5,10H2,1H3,(H,30,34)(H,31,35,36)/t13-,21-/m1/s1. The van der Waals surface area contributed by atoms with E-state index >= 15 is 0 Å². The van der Waals surface area contributed by atoms with Crippen LogP contribution in [0, 0.1) is 11.7 Å². The maximum Gasteiger partial charge on any atom is 0.573 e. The molecule has 0 unspecified atom stereocenters. The van der Waals surface area contributed by atoms with E-state index in [4.69, 9.17) is 4.74 Å². The van der Waals surface area contributed by atoms with E-state index in [0.29, 0.717) is 17.3 Å². The van der Waals surface area contributed by atoms with Gasteiger partial charge in [0, 0.05) is 30.7 Å². The van der Waals surface area contributed by atoms with Gasteiger partial charge < -0.3 is 14.5 Å². The minimum Gasteiger partial charge on any atom is -0.406 e. The molecule has 5 rings (SSSR count). The molecule has 4 aromatic rings. The van der Waals surface area contributed by atoms with Crippen molar-refractivity contribution in [1.82, 2.24) is 25.4 Å². The van der Waals surface area contributed by atoms with E-state index in [9.17, 15) is 22.4 Å². The maximum absolute atomic E-state index is 14.4. The first-order valence-corrected chi connectivity index (χ1v) is 12.7. The summed E-state index contributed by atoms with van der Waals surface area (Å²) in [6.45, 7) is 0. The molecule has 14 heteroatoms. The van der Waals surface area contributed by atoms with Gasteiger partial charge in [-0.3, -0.25) is 10.1 Å². The topological polar surface area (TPSA) is 115 Å². The molecule has 1 aliphatic carbocycles. The average Bonchev–Trinajstić information content (AvgIpc) is 3.54. The van der Waals surface area contributed by atoms with E-state index < -0.39 is 35.5 Å². The van der Waals surface area contributed by atoms with E-state index in [0.717, 1.165) is 66.9 Å². The molecule has 2 atom stereocenters. The molecule has 9 nitrogen and oxygen atoms in total. The van der Waals surface area contributed by atoms with Crippen molar-refractivity contribution in [3.63, 3.8) is 0 Å². The highest BCUT2D eigenvalue weighted by molar-refractivity contribution is 7.15. The summed E-state index contributed by atoms with van der Waals surface area (Å²) in [6, 6.07) is 6.33. The van der Waals surface area contributed by atoms with Crippen LogP contribution >= 0.6 is 11.3 Å². The highest BCUT2D eigenvalue weighted by Gasteiger charge is 2.32. The number of fused-ring (bicyclic) bond motifs is 1. The molecule has 0 spiro atoms. The minimum absolute atomic E-state index is 0.169. The highest BCUT2D eigenvalue weighted by Crippen LogP contribution is 2.33. The Morgan fingerprint density at radius 2 is 2.05 bits per heavy atom. The number of carbonyl (C=O) groups is 1. The Morgan fingerprint density at radius 3 is 2.79 bits per heavy atom. The zero-order valence-electron chi connectivity index (χ0n) is 20.5. The lowest BCUT2D eigenvalue weighted by atomic mass is 9.86. The van der Waals surface area contributed by atoms with Crippen molar-refractivity contribution in [3.8, 4) is 5.75 Å². The predicted molar refractivity (Wildman–Crippen MR) is 134 cm³/mol. The number of carbonyl (C=O) groups excluding carboxylic acids is 1. The molecule has 0 bridgehead atoms. The number of hydrogen-bond donors (Lipinski definition) is 2. The van der Waals surface area contributed by atoms with Gasteiger partial charge in [-0.25, -0.2) is 4.39 Å². The molecule has 0 radical (unpaired) electrons. The van der Waals surface area contributed by atoms with Crippen LogP contribution in [0.3, 0.4) is 0 Å². The van der Waals surface area contributed by atoms with Crippen LogP contribution in [0.2, 0.25) is 0 Å². The van der Waals surface area contributed by atoms with Gasteiger partial charge in [0.25, 0.3) is 5.91 Å². The van der Waals surface area contributed by atoms with Crippen LogP contribution in [0.15, 0.2) is 42.6 Å². The van der Waals surface area contributed by atoms with Crippen LogP contribution in [0.1, 0.15) is 41.6 Å². The molecule has 1 aliphatic rings. The smallest absolute Gasteiger partial charge is 0.406 e. The quantitative estimate of drug-likeness (QED) is 0.269. The molecular weight excluding hydrogens is 540 g/mol. The number of nitrogens with zero attached hydrogens (tertiary/aromatic N) is 4. The van der Waals surface area contributed by atoms with E-state index in [1.54, 1.807) is 0 Å². The molecule has 204 valence electrons. The summed E-state index contributed by atoms with van der Waals surface area (Å²) >= 11 is 1.17. The second kappa shape index (κ2) is 11.1. The Labute approximate surface area is 223 Å². The second-order valence-electron chi connectivity index (χ2n) is 8.92. The van der Waals surface area contributed by atoms with Crippen molar-refractivity contribution in [2.45, 2.75) is 38.1 Å². The van der Waals surface area contributed by atoms with Crippen molar-refractivity contribution in [2.75, 3.05) is 12.4 Å². The van der Waals surface area contributed by atoms with E-state index in [-0.39, 0.29) is 5.13 Å². The number of amides is 1. The molecule has 1 amide bonds. The van der Waals surface area contributed by atoms with E-state index in [1.165, 1.54) is 11.3 Å². The van der Waals surface area contributed by atoms with Gasteiger partial charge in [-0.05, 0) is 61.1 Å². The lowest BCUT2D eigenvalue weighted by Gasteiger charge is -2.20. The SMILES string of the molecule is CO[C@@H](C(=O)Nc1nnc(C[C@@H]2CC=C(c3cc4cc[nH]c4nn3)CC2)s1)c1cc(OC(F)(F)F)ccc1F. The van der Waals surface area contributed by atoms with Gasteiger partial charge in [-0.15, -0.1) is 33.6 Å². The van der Waals surface area contributed by atoms with Crippen molar-refractivity contribution in [2.24, 2.45) is 5.92 Å². The van der Waals surface area contributed by atoms with Crippen molar-refractivity contribution < 1.29 is 31.8 Å². The number of methoxy groups -OCH3 is 1. The molecule has 3 aromatic heterocycles. The molecular formula is C25H22F4N6O3S. The minimum atomic E-state index is -4.97. The molecule has 0 saturated heterocycles. The Hall–Kier alpha value is -3.91. The number of anilines is 1. The summed E-state index contributed by atoms with van der Waals surface area (Å²) in [5.41, 5.74) is 2.35. The van der Waals surface area contributed by atoms with Gasteiger partial charge in [-0.2, -0.15) is 0 Å². The van der Waals surface area contributed by atoms with E-state index in [2.05, 4.69) is 41.5 Å². The molecule has 0 fully saturated rings. The number of alkyl halides is 3. The number of aromatic nitrogens is 5. The summed E-state index contributed by atoms with van der Waals surface area (Å²) in [7, 11) is 1.14. The number of benzene rings is 1. The maximum atomic E-state index is 14.4. The zero-order valence-corrected chi connectivity index (χ0v) is 21.3. The summed E-state index contributed by atoms with van der Waals surface area (Å²) in [5, 5.41) is 21.0. The third-order valence-electron chi connectivity index (χ3n) is 6.27. The number of H-pyrrole nitrogens is 1. The van der Waals surface area contributed by atoms with Crippen LogP contribution in [0.5, 0.6) is 5.75 Å². The van der Waals surface area contributed by atoms with Crippen LogP contribution in [0.4, 0.5) is 22.7 Å². The number of hydrogen-bond acceptors (Lipinski definition) is 8.